The van der Waals surface area contributed by atoms with Gasteiger partial charge in [-0.15, -0.1) is 0 Å². The Bertz CT molecular complexity index is 1230. The Kier molecular flexibility index (Phi) is 5.85. The van der Waals surface area contributed by atoms with Gasteiger partial charge in [-0.05, 0) is 12.1 Å². The second-order valence-electron chi connectivity index (χ2n) is 6.00. The van der Waals surface area contributed by atoms with Crippen molar-refractivity contribution in [2.75, 3.05) is 19.0 Å². The Morgan fingerprint density at radius 1 is 1.14 bits per heavy atom. The number of rotatable bonds is 3. The van der Waals surface area contributed by atoms with E-state index in [0.717, 1.165) is 0 Å². The first-order chi connectivity index (χ1) is 13.8. The Labute approximate surface area is 173 Å². The maximum absolute atomic E-state index is 11.4. The molecule has 0 bridgehead atoms. The maximum Gasteiger partial charge on any atom is 0.295 e. The van der Waals surface area contributed by atoms with Crippen LogP contribution in [0.5, 0.6) is 0 Å². The van der Waals surface area contributed by atoms with E-state index in [-0.39, 0.29) is 16.3 Å². The number of anilines is 1. The van der Waals surface area contributed by atoms with Crippen molar-refractivity contribution >= 4 is 46.0 Å². The van der Waals surface area contributed by atoms with Gasteiger partial charge in [-0.1, -0.05) is 29.3 Å². The van der Waals surface area contributed by atoms with Crippen LogP contribution in [-0.4, -0.2) is 43.9 Å². The number of imidazole rings is 1. The molecule has 1 aromatic carbocycles. The molecule has 0 amide bonds. The average Bonchev–Trinajstić information content (AvgIpc) is 3.30. The molecule has 0 radical (unpaired) electrons. The van der Waals surface area contributed by atoms with E-state index in [1.165, 1.54) is 12.4 Å². The van der Waals surface area contributed by atoms with Gasteiger partial charge in [0.15, 0.2) is 11.2 Å². The first-order valence-corrected chi connectivity index (χ1v) is 8.91. The third kappa shape index (κ3) is 4.23. The first-order valence-electron chi connectivity index (χ1n) is 8.16. The molecule has 3 aromatic heterocycles. The molecule has 3 heterocycles. The molecule has 3 N–H and O–H groups in total. The smallest absolute Gasteiger partial charge is 0.295 e. The zero-order valence-corrected chi connectivity index (χ0v) is 16.7. The molecule has 0 aliphatic carbocycles. The summed E-state index contributed by atoms with van der Waals surface area (Å²) in [5.41, 5.74) is 1.48. The van der Waals surface area contributed by atoms with Crippen molar-refractivity contribution in [1.29, 1.82) is 0 Å². The van der Waals surface area contributed by atoms with Crippen LogP contribution in [0.1, 0.15) is 0 Å². The summed E-state index contributed by atoms with van der Waals surface area (Å²) in [6.07, 6.45) is 4.61. The molecule has 0 aliphatic heterocycles. The summed E-state index contributed by atoms with van der Waals surface area (Å²) in [7, 11) is 3.60. The Morgan fingerprint density at radius 3 is 2.52 bits per heavy atom. The number of hydrogen-bond acceptors (Lipinski definition) is 6. The molecule has 0 saturated heterocycles. The van der Waals surface area contributed by atoms with E-state index in [4.69, 9.17) is 23.2 Å². The molecule has 0 fully saturated rings. The molecule has 10 nitrogen and oxygen atoms in total. The normalized spacial score (nSPS) is 10.5. The molecular formula is C17H15Cl2N7O3. The van der Waals surface area contributed by atoms with E-state index < -0.39 is 4.92 Å². The lowest BCUT2D eigenvalue weighted by molar-refractivity contribution is -0.384. The van der Waals surface area contributed by atoms with Crippen molar-refractivity contribution in [3.05, 3.63) is 67.4 Å². The minimum Gasteiger partial charge on any atom is -0.366 e. The maximum atomic E-state index is 11.4. The van der Waals surface area contributed by atoms with Gasteiger partial charge in [0.25, 0.3) is 11.2 Å². The molecule has 12 heteroatoms. The van der Waals surface area contributed by atoms with Gasteiger partial charge in [0, 0.05) is 32.1 Å². The van der Waals surface area contributed by atoms with Gasteiger partial charge in [-0.25, -0.2) is 4.98 Å². The highest BCUT2D eigenvalue weighted by atomic mass is 35.5. The third-order valence-corrected chi connectivity index (χ3v) is 4.48. The predicted molar refractivity (Wildman–Crippen MR) is 112 cm³/mol. The number of aromatic amines is 3. The number of halogens is 2. The fourth-order valence-corrected chi connectivity index (χ4v) is 2.98. The van der Waals surface area contributed by atoms with Crippen molar-refractivity contribution < 1.29 is 4.92 Å². The fourth-order valence-electron chi connectivity index (χ4n) is 2.51. The van der Waals surface area contributed by atoms with Crippen molar-refractivity contribution in [3.8, 4) is 11.1 Å². The summed E-state index contributed by atoms with van der Waals surface area (Å²) in [5.74, 6) is 0.504. The Balaban J connectivity index is 0.000000169. The molecule has 0 atom stereocenters. The zero-order valence-electron chi connectivity index (χ0n) is 15.2. The van der Waals surface area contributed by atoms with Gasteiger partial charge in [0.2, 0.25) is 5.95 Å². The summed E-state index contributed by atoms with van der Waals surface area (Å²) in [4.78, 5) is 39.7. The van der Waals surface area contributed by atoms with Crippen LogP contribution in [0.4, 0.5) is 11.6 Å². The lowest BCUT2D eigenvalue weighted by Crippen LogP contribution is -2.18. The van der Waals surface area contributed by atoms with Crippen LogP contribution in [0.2, 0.25) is 10.0 Å². The molecule has 150 valence electrons. The lowest BCUT2D eigenvalue weighted by atomic mass is 10.1. The predicted octanol–water partition coefficient (Wildman–Crippen LogP) is 3.61. The number of nitrogens with zero attached hydrogens (tertiary/aromatic N) is 4. The van der Waals surface area contributed by atoms with Gasteiger partial charge in [0.05, 0.1) is 21.8 Å². The van der Waals surface area contributed by atoms with E-state index in [1.807, 2.05) is 0 Å². The fraction of sp³-hybridized carbons (Fsp3) is 0.118. The number of fused-ring (bicyclic) bond motifs is 1. The molecule has 4 aromatic rings. The van der Waals surface area contributed by atoms with Crippen molar-refractivity contribution in [2.24, 2.45) is 0 Å². The zero-order chi connectivity index (χ0) is 21.1. The summed E-state index contributed by atoms with van der Waals surface area (Å²) >= 11 is 11.7. The van der Waals surface area contributed by atoms with E-state index in [1.54, 1.807) is 43.5 Å². The van der Waals surface area contributed by atoms with Crippen molar-refractivity contribution in [1.82, 2.24) is 24.9 Å². The van der Waals surface area contributed by atoms with E-state index in [0.29, 0.717) is 33.3 Å². The summed E-state index contributed by atoms with van der Waals surface area (Å²) in [6, 6.07) is 4.73. The molecule has 0 spiro atoms. The number of H-pyrrole nitrogens is 3. The molecule has 4 rings (SSSR count). The minimum absolute atomic E-state index is 0.0970. The third-order valence-electron chi connectivity index (χ3n) is 3.86. The number of nitro benzene ring substituents is 1. The minimum atomic E-state index is -0.513. The number of benzene rings is 1. The second-order valence-corrected chi connectivity index (χ2v) is 6.81. The highest BCUT2D eigenvalue weighted by Crippen LogP contribution is 2.38. The molecule has 29 heavy (non-hydrogen) atoms. The average molecular weight is 436 g/mol. The van der Waals surface area contributed by atoms with Crippen LogP contribution < -0.4 is 10.5 Å². The summed E-state index contributed by atoms with van der Waals surface area (Å²) in [5, 5.41) is 11.4. The van der Waals surface area contributed by atoms with Crippen LogP contribution in [0.3, 0.4) is 0 Å². The van der Waals surface area contributed by atoms with Crippen LogP contribution in [0, 0.1) is 10.1 Å². The van der Waals surface area contributed by atoms with E-state index in [2.05, 4.69) is 24.9 Å². The van der Waals surface area contributed by atoms with Crippen LogP contribution >= 0.6 is 23.2 Å². The molecular weight excluding hydrogens is 421 g/mol. The highest BCUT2D eigenvalue weighted by molar-refractivity contribution is 6.35. The molecule has 0 aliphatic rings. The number of nitrogens with one attached hydrogen (secondary N) is 3. The topological polar surface area (TPSA) is 137 Å². The standard InChI is InChI=1S/C10H6Cl2N2O2.C7H9N5O/c11-8-3-1-2-6(10(8)14(15)16)7-4-13-5-9(7)12;1-12(2)7-10-5-4(6(13)11-7)8-3-9-5/h1-5,13H;3H,1-2H3,(H2,8,9,10,11,13). The van der Waals surface area contributed by atoms with Crippen LogP contribution in [-0.2, 0) is 0 Å². The summed E-state index contributed by atoms with van der Waals surface area (Å²) in [6.45, 7) is 0. The Morgan fingerprint density at radius 2 is 1.90 bits per heavy atom. The molecule has 0 saturated carbocycles. The van der Waals surface area contributed by atoms with Crippen molar-refractivity contribution in [2.45, 2.75) is 0 Å². The monoisotopic (exact) mass is 435 g/mol. The van der Waals surface area contributed by atoms with E-state index in [9.17, 15) is 14.9 Å². The van der Waals surface area contributed by atoms with Crippen molar-refractivity contribution in [3.63, 3.8) is 0 Å². The number of hydrogen-bond donors (Lipinski definition) is 3. The molecule has 0 unspecified atom stereocenters. The first kappa shape index (κ1) is 20.4. The quantitative estimate of drug-likeness (QED) is 0.332. The number of para-hydroxylation sites is 1. The van der Waals surface area contributed by atoms with Gasteiger partial charge in [-0.2, -0.15) is 4.98 Å². The van der Waals surface area contributed by atoms with Crippen LogP contribution in [0.15, 0.2) is 41.7 Å². The van der Waals surface area contributed by atoms with Gasteiger partial charge in [0.1, 0.15) is 5.02 Å². The largest absolute Gasteiger partial charge is 0.366 e. The van der Waals surface area contributed by atoms with Gasteiger partial charge < -0.3 is 14.9 Å². The van der Waals surface area contributed by atoms with Crippen LogP contribution in [0.25, 0.3) is 22.3 Å². The number of nitro groups is 1. The van der Waals surface area contributed by atoms with E-state index >= 15 is 0 Å². The SMILES string of the molecule is CN(C)c1nc2nc[nH]c2c(=O)[nH]1.O=[N+]([O-])c1c(Cl)cccc1-c1c[nH]cc1Cl. The highest BCUT2D eigenvalue weighted by Gasteiger charge is 2.21. The van der Waals surface area contributed by atoms with Gasteiger partial charge in [-0.3, -0.25) is 19.9 Å². The van der Waals surface area contributed by atoms with Gasteiger partial charge >= 0.3 is 0 Å². The second kappa shape index (κ2) is 8.33. The lowest BCUT2D eigenvalue weighted by Gasteiger charge is -2.08. The number of aromatic nitrogens is 5. The Hall–Kier alpha value is -3.37. The summed E-state index contributed by atoms with van der Waals surface area (Å²) < 4.78 is 0.